The molecular weight excluding hydrogens is 442 g/mol. The van der Waals surface area contributed by atoms with E-state index in [2.05, 4.69) is 12.2 Å². The number of hydrogen-bond donors (Lipinski definition) is 2. The van der Waals surface area contributed by atoms with E-state index >= 15 is 0 Å². The molecule has 1 atom stereocenters. The number of carbonyl (C=O) groups excluding carboxylic acids is 2. The Kier molecular flexibility index (Phi) is 5.70. The quantitative estimate of drug-likeness (QED) is 0.381. The Morgan fingerprint density at radius 1 is 1.06 bits per heavy atom. The summed E-state index contributed by atoms with van der Waals surface area (Å²) < 4.78 is 0. The Labute approximate surface area is 203 Å². The molecule has 2 aromatic heterocycles. The minimum absolute atomic E-state index is 0.251. The lowest BCUT2D eigenvalue weighted by Gasteiger charge is -2.18. The first-order valence-electron chi connectivity index (χ1n) is 11.6. The van der Waals surface area contributed by atoms with Gasteiger partial charge in [0.05, 0.1) is 22.3 Å². The molecular formula is C28H27N3O2S. The molecule has 0 saturated carbocycles. The molecule has 5 rings (SSSR count). The molecule has 34 heavy (non-hydrogen) atoms. The second kappa shape index (κ2) is 8.69. The minimum Gasteiger partial charge on any atom is -0.365 e. The number of carbonyl (C=O) groups is 2. The van der Waals surface area contributed by atoms with Crippen molar-refractivity contribution in [3.63, 3.8) is 0 Å². The van der Waals surface area contributed by atoms with Crippen molar-refractivity contribution in [2.45, 2.75) is 40.0 Å². The molecule has 0 bridgehead atoms. The number of hydrogen-bond acceptors (Lipinski definition) is 4. The highest BCUT2D eigenvalue weighted by molar-refractivity contribution is 7.17. The Balaban J connectivity index is 1.63. The molecule has 1 aliphatic rings. The van der Waals surface area contributed by atoms with Crippen molar-refractivity contribution in [1.29, 1.82) is 0 Å². The van der Waals surface area contributed by atoms with Crippen LogP contribution in [0.1, 0.15) is 55.6 Å². The molecule has 1 aliphatic carbocycles. The third-order valence-corrected chi connectivity index (χ3v) is 7.84. The first kappa shape index (κ1) is 22.3. The summed E-state index contributed by atoms with van der Waals surface area (Å²) in [5, 5.41) is 4.38. The maximum Gasteiger partial charge on any atom is 0.257 e. The van der Waals surface area contributed by atoms with E-state index in [1.54, 1.807) is 0 Å². The van der Waals surface area contributed by atoms with Gasteiger partial charge in [-0.3, -0.25) is 9.59 Å². The standard InChI is InChI=1S/C28H27N3O2S/c1-15-8-11-18(12-9-15)25-17(3)23(19-6-4-5-7-21(19)30-25)27(33)31-28-24(26(29)32)20-13-10-16(2)14-22(20)34-28/h4-9,11-12,16H,10,13-14H2,1-3H3,(H2,29,32)(H,31,33). The van der Waals surface area contributed by atoms with Gasteiger partial charge in [0.15, 0.2) is 0 Å². The van der Waals surface area contributed by atoms with Crippen LogP contribution in [0.15, 0.2) is 48.5 Å². The summed E-state index contributed by atoms with van der Waals surface area (Å²) in [7, 11) is 0. The number of para-hydroxylation sites is 1. The molecule has 1 unspecified atom stereocenters. The molecule has 3 N–H and O–H groups in total. The van der Waals surface area contributed by atoms with Crippen molar-refractivity contribution in [3.8, 4) is 11.3 Å². The van der Waals surface area contributed by atoms with Crippen molar-refractivity contribution in [2.75, 3.05) is 5.32 Å². The zero-order valence-electron chi connectivity index (χ0n) is 19.6. The fourth-order valence-corrected chi connectivity index (χ4v) is 6.27. The van der Waals surface area contributed by atoms with E-state index in [1.165, 1.54) is 11.3 Å². The average molecular weight is 470 g/mol. The van der Waals surface area contributed by atoms with Gasteiger partial charge < -0.3 is 11.1 Å². The number of nitrogens with zero attached hydrogens (tertiary/aromatic N) is 1. The first-order valence-corrected chi connectivity index (χ1v) is 12.4. The second-order valence-corrected chi connectivity index (χ2v) is 10.3. The summed E-state index contributed by atoms with van der Waals surface area (Å²) in [6, 6.07) is 15.8. The predicted molar refractivity (Wildman–Crippen MR) is 139 cm³/mol. The maximum absolute atomic E-state index is 13.8. The van der Waals surface area contributed by atoms with E-state index in [0.717, 1.165) is 63.0 Å². The molecule has 0 spiro atoms. The minimum atomic E-state index is -0.487. The van der Waals surface area contributed by atoms with Gasteiger partial charge in [-0.25, -0.2) is 4.98 Å². The largest absolute Gasteiger partial charge is 0.365 e. The van der Waals surface area contributed by atoms with Crippen molar-refractivity contribution in [1.82, 2.24) is 4.98 Å². The molecule has 2 heterocycles. The van der Waals surface area contributed by atoms with Crippen LogP contribution in [-0.2, 0) is 12.8 Å². The Morgan fingerprint density at radius 2 is 1.79 bits per heavy atom. The third kappa shape index (κ3) is 3.88. The number of rotatable bonds is 4. The van der Waals surface area contributed by atoms with E-state index in [9.17, 15) is 9.59 Å². The van der Waals surface area contributed by atoms with Gasteiger partial charge in [0, 0.05) is 15.8 Å². The van der Waals surface area contributed by atoms with Crippen molar-refractivity contribution < 1.29 is 9.59 Å². The van der Waals surface area contributed by atoms with Crippen LogP contribution in [0.25, 0.3) is 22.2 Å². The van der Waals surface area contributed by atoms with Gasteiger partial charge in [0.25, 0.3) is 11.8 Å². The van der Waals surface area contributed by atoms with E-state index in [1.807, 2.05) is 62.4 Å². The fraction of sp³-hybridized carbons (Fsp3) is 0.250. The Morgan fingerprint density at radius 3 is 2.53 bits per heavy atom. The van der Waals surface area contributed by atoms with E-state index in [0.29, 0.717) is 22.0 Å². The summed E-state index contributed by atoms with van der Waals surface area (Å²) in [5.41, 5.74) is 12.3. The summed E-state index contributed by atoms with van der Waals surface area (Å²) in [4.78, 5) is 32.2. The summed E-state index contributed by atoms with van der Waals surface area (Å²) >= 11 is 1.48. The molecule has 172 valence electrons. The zero-order chi connectivity index (χ0) is 24.0. The number of amides is 2. The van der Waals surface area contributed by atoms with Gasteiger partial charge >= 0.3 is 0 Å². The molecule has 0 fully saturated rings. The zero-order valence-corrected chi connectivity index (χ0v) is 20.4. The second-order valence-electron chi connectivity index (χ2n) is 9.22. The third-order valence-electron chi connectivity index (χ3n) is 6.67. The number of primary amides is 1. The summed E-state index contributed by atoms with van der Waals surface area (Å²) in [6.45, 7) is 6.19. The topological polar surface area (TPSA) is 85.1 Å². The van der Waals surface area contributed by atoms with Crippen LogP contribution in [-0.4, -0.2) is 16.8 Å². The average Bonchev–Trinajstić information content (AvgIpc) is 3.16. The predicted octanol–water partition coefficient (Wildman–Crippen LogP) is 6.06. The van der Waals surface area contributed by atoms with Crippen molar-refractivity contribution >= 4 is 39.1 Å². The highest BCUT2D eigenvalue weighted by Crippen LogP contribution is 2.40. The Hall–Kier alpha value is -3.51. The van der Waals surface area contributed by atoms with Gasteiger partial charge in [-0.2, -0.15) is 0 Å². The lowest BCUT2D eigenvalue weighted by Crippen LogP contribution is -2.20. The SMILES string of the molecule is Cc1ccc(-c2nc3ccccc3c(C(=O)Nc3sc4c(c3C(N)=O)CCC(C)C4)c2C)cc1. The van der Waals surface area contributed by atoms with Crippen LogP contribution in [0, 0.1) is 19.8 Å². The van der Waals surface area contributed by atoms with Gasteiger partial charge in [-0.15, -0.1) is 11.3 Å². The number of thiophene rings is 1. The van der Waals surface area contributed by atoms with Crippen molar-refractivity contribution in [2.24, 2.45) is 11.7 Å². The Bertz CT molecular complexity index is 1440. The fourth-order valence-electron chi connectivity index (χ4n) is 4.86. The molecule has 4 aromatic rings. The monoisotopic (exact) mass is 469 g/mol. The number of pyridine rings is 1. The normalized spacial score (nSPS) is 15.2. The van der Waals surface area contributed by atoms with Gasteiger partial charge in [-0.1, -0.05) is 55.0 Å². The van der Waals surface area contributed by atoms with Crippen LogP contribution in [0.5, 0.6) is 0 Å². The van der Waals surface area contributed by atoms with Gasteiger partial charge in [-0.05, 0) is 56.2 Å². The molecule has 6 heteroatoms. The molecule has 2 aromatic carbocycles. The van der Waals surface area contributed by atoms with Gasteiger partial charge in [0.1, 0.15) is 5.00 Å². The molecule has 5 nitrogen and oxygen atoms in total. The smallest absolute Gasteiger partial charge is 0.257 e. The number of nitrogens with one attached hydrogen (secondary N) is 1. The molecule has 0 saturated heterocycles. The number of fused-ring (bicyclic) bond motifs is 2. The van der Waals surface area contributed by atoms with Crippen LogP contribution >= 0.6 is 11.3 Å². The number of nitrogens with two attached hydrogens (primary N) is 1. The van der Waals surface area contributed by atoms with Crippen LogP contribution in [0.4, 0.5) is 5.00 Å². The van der Waals surface area contributed by atoms with Crippen LogP contribution < -0.4 is 11.1 Å². The number of aromatic nitrogens is 1. The van der Waals surface area contributed by atoms with E-state index in [4.69, 9.17) is 10.7 Å². The first-order chi connectivity index (χ1) is 16.3. The lowest BCUT2D eigenvalue weighted by atomic mass is 9.88. The number of anilines is 1. The summed E-state index contributed by atoms with van der Waals surface area (Å²) in [5.74, 6) is -0.184. The maximum atomic E-state index is 13.8. The number of aryl methyl sites for hydroxylation is 1. The van der Waals surface area contributed by atoms with E-state index < -0.39 is 5.91 Å². The molecule has 2 amide bonds. The number of benzene rings is 2. The van der Waals surface area contributed by atoms with Crippen LogP contribution in [0.3, 0.4) is 0 Å². The summed E-state index contributed by atoms with van der Waals surface area (Å²) in [6.07, 6.45) is 2.74. The lowest BCUT2D eigenvalue weighted by molar-refractivity contribution is 0.1000. The van der Waals surface area contributed by atoms with E-state index in [-0.39, 0.29) is 5.91 Å². The highest BCUT2D eigenvalue weighted by Gasteiger charge is 2.28. The molecule has 0 aliphatic heterocycles. The van der Waals surface area contributed by atoms with Gasteiger partial charge in [0.2, 0.25) is 0 Å². The van der Waals surface area contributed by atoms with Crippen molar-refractivity contribution in [3.05, 3.63) is 81.2 Å². The highest BCUT2D eigenvalue weighted by atomic mass is 32.1. The van der Waals surface area contributed by atoms with Crippen LogP contribution in [0.2, 0.25) is 0 Å². The molecule has 0 radical (unpaired) electrons.